The Kier molecular flexibility index (Phi) is 4.85. The van der Waals surface area contributed by atoms with E-state index in [4.69, 9.17) is 4.74 Å². The quantitative estimate of drug-likeness (QED) is 0.888. The third kappa shape index (κ3) is 3.36. The second kappa shape index (κ2) is 6.63. The fraction of sp³-hybridized carbons (Fsp3) is 0.375. The van der Waals surface area contributed by atoms with Gasteiger partial charge in [0.05, 0.1) is 24.7 Å². The predicted octanol–water partition coefficient (Wildman–Crippen LogP) is 3.05. The van der Waals surface area contributed by atoms with E-state index in [9.17, 15) is 9.50 Å². The molecule has 0 spiro atoms. The summed E-state index contributed by atoms with van der Waals surface area (Å²) in [5.41, 5.74) is -0.342. The molecule has 1 atom stereocenters. The van der Waals surface area contributed by atoms with Crippen molar-refractivity contribution in [2.75, 3.05) is 6.61 Å². The van der Waals surface area contributed by atoms with Gasteiger partial charge in [-0.2, -0.15) is 0 Å². The minimum Gasteiger partial charge on any atom is -0.492 e. The zero-order chi connectivity index (χ0) is 15.3. The second-order valence-electron chi connectivity index (χ2n) is 4.83. The van der Waals surface area contributed by atoms with Gasteiger partial charge in [-0.05, 0) is 31.0 Å². The van der Waals surface area contributed by atoms with Crippen molar-refractivity contribution in [2.45, 2.75) is 32.3 Å². The van der Waals surface area contributed by atoms with Gasteiger partial charge in [0.2, 0.25) is 0 Å². The first kappa shape index (κ1) is 15.4. The van der Waals surface area contributed by atoms with Crippen LogP contribution in [0, 0.1) is 5.82 Å². The van der Waals surface area contributed by atoms with Crippen LogP contribution in [0.5, 0.6) is 5.75 Å². The molecule has 2 aromatic heterocycles. The monoisotopic (exact) mass is 290 g/mol. The largest absolute Gasteiger partial charge is 0.492 e. The van der Waals surface area contributed by atoms with Gasteiger partial charge in [-0.1, -0.05) is 13.8 Å². The van der Waals surface area contributed by atoms with Crippen LogP contribution in [0.1, 0.15) is 37.9 Å². The first-order valence-corrected chi connectivity index (χ1v) is 7.03. The summed E-state index contributed by atoms with van der Waals surface area (Å²) < 4.78 is 18.5. The van der Waals surface area contributed by atoms with Crippen molar-refractivity contribution in [3.05, 3.63) is 53.9 Å². The molecule has 2 rings (SSSR count). The number of aliphatic hydroxyl groups is 1. The molecule has 0 aliphatic carbocycles. The van der Waals surface area contributed by atoms with Gasteiger partial charge in [0, 0.05) is 11.8 Å². The molecule has 0 saturated heterocycles. The Labute approximate surface area is 123 Å². The molecule has 112 valence electrons. The highest BCUT2D eigenvalue weighted by Crippen LogP contribution is 2.32. The van der Waals surface area contributed by atoms with Crippen molar-refractivity contribution >= 4 is 0 Å². The van der Waals surface area contributed by atoms with Crippen LogP contribution in [-0.2, 0) is 5.60 Å². The molecular formula is C16H19FN2O2. The Morgan fingerprint density at radius 2 is 2.05 bits per heavy atom. The molecule has 0 aromatic carbocycles. The smallest absolute Gasteiger partial charge is 0.141 e. The molecule has 0 amide bonds. The summed E-state index contributed by atoms with van der Waals surface area (Å²) in [6, 6.07) is 4.52. The SMILES string of the molecule is CCCOc1cncc(C(O)(CC)c2ccc(F)cn2)c1. The van der Waals surface area contributed by atoms with Crippen LogP contribution in [0.25, 0.3) is 0 Å². The summed E-state index contributed by atoms with van der Waals surface area (Å²) in [4.78, 5) is 8.10. The van der Waals surface area contributed by atoms with Gasteiger partial charge in [0.25, 0.3) is 0 Å². The lowest BCUT2D eigenvalue weighted by Gasteiger charge is -2.26. The lowest BCUT2D eigenvalue weighted by molar-refractivity contribution is 0.0710. The molecule has 5 heteroatoms. The van der Waals surface area contributed by atoms with Crippen LogP contribution >= 0.6 is 0 Å². The number of hydrogen-bond acceptors (Lipinski definition) is 4. The van der Waals surface area contributed by atoms with E-state index in [1.807, 2.05) is 13.8 Å². The number of ether oxygens (including phenoxy) is 1. The summed E-state index contributed by atoms with van der Waals surface area (Å²) in [6.45, 7) is 4.44. The normalized spacial score (nSPS) is 13.7. The zero-order valence-electron chi connectivity index (χ0n) is 12.2. The summed E-state index contributed by atoms with van der Waals surface area (Å²) in [6.07, 6.45) is 5.56. The van der Waals surface area contributed by atoms with Gasteiger partial charge in [-0.15, -0.1) is 0 Å². The molecule has 0 aliphatic rings. The topological polar surface area (TPSA) is 55.2 Å². The Hall–Kier alpha value is -2.01. The fourth-order valence-corrected chi connectivity index (χ4v) is 2.10. The molecule has 0 radical (unpaired) electrons. The maximum Gasteiger partial charge on any atom is 0.141 e. The van der Waals surface area contributed by atoms with E-state index >= 15 is 0 Å². The maximum atomic E-state index is 13.0. The number of hydrogen-bond donors (Lipinski definition) is 1. The van der Waals surface area contributed by atoms with Crippen LogP contribution in [0.15, 0.2) is 36.8 Å². The highest BCUT2D eigenvalue weighted by Gasteiger charge is 2.31. The molecule has 0 bridgehead atoms. The van der Waals surface area contributed by atoms with E-state index in [0.717, 1.165) is 12.6 Å². The molecule has 2 aromatic rings. The lowest BCUT2D eigenvalue weighted by Crippen LogP contribution is -2.27. The first-order valence-electron chi connectivity index (χ1n) is 7.03. The number of nitrogens with zero attached hydrogens (tertiary/aromatic N) is 2. The van der Waals surface area contributed by atoms with Crippen molar-refractivity contribution < 1.29 is 14.2 Å². The second-order valence-corrected chi connectivity index (χ2v) is 4.83. The molecule has 21 heavy (non-hydrogen) atoms. The van der Waals surface area contributed by atoms with E-state index < -0.39 is 11.4 Å². The van der Waals surface area contributed by atoms with E-state index in [-0.39, 0.29) is 0 Å². The number of rotatable bonds is 6. The lowest BCUT2D eigenvalue weighted by atomic mass is 9.88. The molecular weight excluding hydrogens is 271 g/mol. The third-order valence-corrected chi connectivity index (χ3v) is 3.33. The van der Waals surface area contributed by atoms with E-state index in [1.54, 1.807) is 18.5 Å². The average Bonchev–Trinajstić information content (AvgIpc) is 2.53. The minimum atomic E-state index is -1.31. The van der Waals surface area contributed by atoms with Crippen molar-refractivity contribution in [1.82, 2.24) is 9.97 Å². The van der Waals surface area contributed by atoms with Crippen molar-refractivity contribution in [2.24, 2.45) is 0 Å². The maximum absolute atomic E-state index is 13.0. The van der Waals surface area contributed by atoms with Crippen LogP contribution in [0.3, 0.4) is 0 Å². The summed E-state index contributed by atoms with van der Waals surface area (Å²) in [5, 5.41) is 10.9. The number of pyridine rings is 2. The Morgan fingerprint density at radius 1 is 1.24 bits per heavy atom. The van der Waals surface area contributed by atoms with Crippen LogP contribution in [0.2, 0.25) is 0 Å². The molecule has 2 heterocycles. The van der Waals surface area contributed by atoms with Gasteiger partial charge in [-0.25, -0.2) is 4.39 Å². The summed E-state index contributed by atoms with van der Waals surface area (Å²) in [7, 11) is 0. The molecule has 1 N–H and O–H groups in total. The third-order valence-electron chi connectivity index (χ3n) is 3.33. The van der Waals surface area contributed by atoms with Gasteiger partial charge >= 0.3 is 0 Å². The van der Waals surface area contributed by atoms with Gasteiger partial charge < -0.3 is 9.84 Å². The standard InChI is InChI=1S/C16H19FN2O2/c1-3-7-21-14-8-12(9-18-11-14)16(20,4-2)15-6-5-13(17)10-19-15/h5-6,8-11,20H,3-4,7H2,1-2H3. The molecule has 1 unspecified atom stereocenters. The first-order chi connectivity index (χ1) is 10.1. The Bertz CT molecular complexity index is 589. The van der Waals surface area contributed by atoms with Crippen molar-refractivity contribution in [1.29, 1.82) is 0 Å². The van der Waals surface area contributed by atoms with Gasteiger partial charge in [0.1, 0.15) is 17.2 Å². The zero-order valence-corrected chi connectivity index (χ0v) is 12.2. The van der Waals surface area contributed by atoms with Crippen molar-refractivity contribution in [3.63, 3.8) is 0 Å². The van der Waals surface area contributed by atoms with E-state index in [2.05, 4.69) is 9.97 Å². The van der Waals surface area contributed by atoms with Crippen LogP contribution in [0.4, 0.5) is 4.39 Å². The number of halogens is 1. The Morgan fingerprint density at radius 3 is 2.67 bits per heavy atom. The molecule has 4 nitrogen and oxygen atoms in total. The van der Waals surface area contributed by atoms with Crippen LogP contribution < -0.4 is 4.74 Å². The highest BCUT2D eigenvalue weighted by atomic mass is 19.1. The fourth-order valence-electron chi connectivity index (χ4n) is 2.10. The Balaban J connectivity index is 2.37. The predicted molar refractivity (Wildman–Crippen MR) is 77.5 cm³/mol. The molecule has 0 fully saturated rings. The summed E-state index contributed by atoms with van der Waals surface area (Å²) in [5.74, 6) is 0.165. The molecule has 0 aliphatic heterocycles. The summed E-state index contributed by atoms with van der Waals surface area (Å²) >= 11 is 0. The minimum absolute atomic E-state index is 0.390. The van der Waals surface area contributed by atoms with Crippen LogP contribution in [-0.4, -0.2) is 21.7 Å². The molecule has 0 saturated carbocycles. The highest BCUT2D eigenvalue weighted by molar-refractivity contribution is 5.34. The van der Waals surface area contributed by atoms with Gasteiger partial charge in [0.15, 0.2) is 0 Å². The van der Waals surface area contributed by atoms with Gasteiger partial charge in [-0.3, -0.25) is 9.97 Å². The number of aromatic nitrogens is 2. The average molecular weight is 290 g/mol. The van der Waals surface area contributed by atoms with E-state index in [1.165, 1.54) is 12.1 Å². The van der Waals surface area contributed by atoms with Crippen molar-refractivity contribution in [3.8, 4) is 5.75 Å². The van der Waals surface area contributed by atoms with E-state index in [0.29, 0.717) is 30.0 Å².